The van der Waals surface area contributed by atoms with Crippen LogP contribution in [0.3, 0.4) is 0 Å². The molecule has 0 rings (SSSR count). The molecule has 18 heavy (non-hydrogen) atoms. The third-order valence-corrected chi connectivity index (χ3v) is 3.19. The van der Waals surface area contributed by atoms with E-state index in [9.17, 15) is 8.42 Å². The Balaban J connectivity index is -0.000000427. The van der Waals surface area contributed by atoms with Gasteiger partial charge in [-0.2, -0.15) is 8.42 Å². The van der Waals surface area contributed by atoms with Gasteiger partial charge in [0.2, 0.25) is 0 Å². The molecule has 0 aliphatic rings. The minimum Gasteiger partial charge on any atom is -1.00 e. The topological polar surface area (TPSA) is 63.6 Å². The summed E-state index contributed by atoms with van der Waals surface area (Å²) in [6.07, 6.45) is 11.9. The van der Waals surface area contributed by atoms with Crippen LogP contribution in [0.2, 0.25) is 0 Å². The van der Waals surface area contributed by atoms with Crippen LogP contribution in [0.4, 0.5) is 0 Å². The quantitative estimate of drug-likeness (QED) is 0.340. The average Bonchev–Trinajstić information content (AvgIpc) is 2.24. The van der Waals surface area contributed by atoms with Crippen molar-refractivity contribution in [3.05, 3.63) is 0 Å². The standard InChI is InChI=1S/C12H26O4S.Ca.2H/c1-2-3-4-5-6-7-8-9-10-11-12-16-17(13,14)15;;;/h2-12H2,1H3,(H,13,14,15);;;/q;+2;2*-1. The summed E-state index contributed by atoms with van der Waals surface area (Å²) < 4.78 is 33.0. The number of unbranched alkanes of at least 4 members (excludes halogenated alkanes) is 9. The molecule has 0 bridgehead atoms. The van der Waals surface area contributed by atoms with Gasteiger partial charge in [-0.05, 0) is 6.42 Å². The van der Waals surface area contributed by atoms with Crippen LogP contribution >= 0.6 is 0 Å². The molecule has 1 N–H and O–H groups in total. The van der Waals surface area contributed by atoms with Gasteiger partial charge in [0.1, 0.15) is 0 Å². The summed E-state index contributed by atoms with van der Waals surface area (Å²) in [5, 5.41) is 0. The second-order valence-corrected chi connectivity index (χ2v) is 5.52. The summed E-state index contributed by atoms with van der Waals surface area (Å²) in [4.78, 5) is 0. The van der Waals surface area contributed by atoms with E-state index in [-0.39, 0.29) is 47.2 Å². The van der Waals surface area contributed by atoms with Gasteiger partial charge in [0.05, 0.1) is 6.61 Å². The van der Waals surface area contributed by atoms with Crippen LogP contribution in [-0.4, -0.2) is 57.3 Å². The molecule has 0 radical (unpaired) electrons. The maximum Gasteiger partial charge on any atom is 2.00 e. The second kappa shape index (κ2) is 14.5. The molecule has 0 spiro atoms. The van der Waals surface area contributed by atoms with E-state index in [0.29, 0.717) is 6.42 Å². The molecule has 0 amide bonds. The first-order valence-corrected chi connectivity index (χ1v) is 8.04. The van der Waals surface area contributed by atoms with Crippen LogP contribution in [0.5, 0.6) is 0 Å². The van der Waals surface area contributed by atoms with Gasteiger partial charge in [0, 0.05) is 0 Å². The van der Waals surface area contributed by atoms with Crippen molar-refractivity contribution in [2.45, 2.75) is 71.1 Å². The smallest absolute Gasteiger partial charge is 1.00 e. The number of rotatable bonds is 12. The van der Waals surface area contributed by atoms with Crippen molar-refractivity contribution >= 4 is 48.1 Å². The molecule has 0 fully saturated rings. The van der Waals surface area contributed by atoms with Crippen molar-refractivity contribution in [1.82, 2.24) is 0 Å². The SMILES string of the molecule is CCCCCCCCCCCCOS(=O)(=O)O.[Ca+2].[H-].[H-]. The molecule has 0 aromatic carbocycles. The summed E-state index contributed by atoms with van der Waals surface area (Å²) in [5.41, 5.74) is 0. The first kappa shape index (κ1) is 21.4. The minimum atomic E-state index is -4.23. The second-order valence-electron chi connectivity index (χ2n) is 4.43. The van der Waals surface area contributed by atoms with E-state index in [2.05, 4.69) is 11.1 Å². The molecule has 4 nitrogen and oxygen atoms in total. The van der Waals surface area contributed by atoms with Crippen LogP contribution < -0.4 is 0 Å². The van der Waals surface area contributed by atoms with Gasteiger partial charge in [-0.3, -0.25) is 4.55 Å². The van der Waals surface area contributed by atoms with Gasteiger partial charge in [-0.1, -0.05) is 64.7 Å². The number of hydrogen-bond donors (Lipinski definition) is 1. The van der Waals surface area contributed by atoms with Gasteiger partial charge in [-0.15, -0.1) is 0 Å². The van der Waals surface area contributed by atoms with Gasteiger partial charge >= 0.3 is 48.1 Å². The normalized spacial score (nSPS) is 11.2. The third-order valence-electron chi connectivity index (χ3n) is 2.73. The van der Waals surface area contributed by atoms with E-state index >= 15 is 0 Å². The summed E-state index contributed by atoms with van der Waals surface area (Å²) in [6.45, 7) is 2.31. The van der Waals surface area contributed by atoms with Crippen LogP contribution in [-0.2, 0) is 14.6 Å². The summed E-state index contributed by atoms with van der Waals surface area (Å²) in [5.74, 6) is 0. The summed E-state index contributed by atoms with van der Waals surface area (Å²) >= 11 is 0. The Morgan fingerprint density at radius 1 is 0.889 bits per heavy atom. The maximum absolute atomic E-state index is 10.2. The molecule has 0 saturated carbocycles. The van der Waals surface area contributed by atoms with Crippen molar-refractivity contribution in [2.75, 3.05) is 6.61 Å². The minimum absolute atomic E-state index is 0. The largest absolute Gasteiger partial charge is 2.00 e. The Kier molecular flexibility index (Phi) is 17.3. The molecule has 0 unspecified atom stereocenters. The Labute approximate surface area is 145 Å². The molecule has 108 valence electrons. The van der Waals surface area contributed by atoms with E-state index in [1.165, 1.54) is 44.9 Å². The number of hydrogen-bond acceptors (Lipinski definition) is 3. The molecule has 0 aliphatic carbocycles. The van der Waals surface area contributed by atoms with Crippen molar-refractivity contribution in [3.63, 3.8) is 0 Å². The zero-order valence-electron chi connectivity index (χ0n) is 13.6. The molecule has 6 heteroatoms. The summed E-state index contributed by atoms with van der Waals surface area (Å²) in [7, 11) is -4.23. The predicted molar refractivity (Wildman–Crippen MR) is 77.3 cm³/mol. The van der Waals surface area contributed by atoms with E-state index in [1.54, 1.807) is 0 Å². The van der Waals surface area contributed by atoms with E-state index in [0.717, 1.165) is 12.8 Å². The van der Waals surface area contributed by atoms with E-state index in [1.807, 2.05) is 0 Å². The molecule has 0 aliphatic heterocycles. The predicted octanol–water partition coefficient (Wildman–Crippen LogP) is 3.57. The maximum atomic E-state index is 10.2. The van der Waals surface area contributed by atoms with Crippen LogP contribution in [0.25, 0.3) is 0 Å². The average molecular weight is 308 g/mol. The molecule has 0 aromatic heterocycles. The summed E-state index contributed by atoms with van der Waals surface area (Å²) in [6, 6.07) is 0. The zero-order valence-corrected chi connectivity index (χ0v) is 14.6. The first-order chi connectivity index (χ1) is 8.06. The van der Waals surface area contributed by atoms with Gasteiger partial charge in [0.15, 0.2) is 0 Å². The van der Waals surface area contributed by atoms with E-state index < -0.39 is 10.4 Å². The third kappa shape index (κ3) is 19.5. The molecular weight excluding hydrogens is 280 g/mol. The molecule has 0 aromatic rings. The Hall–Kier alpha value is 1.13. The van der Waals surface area contributed by atoms with Crippen molar-refractivity contribution in [2.24, 2.45) is 0 Å². The Morgan fingerprint density at radius 3 is 1.67 bits per heavy atom. The van der Waals surface area contributed by atoms with Gasteiger partial charge < -0.3 is 2.85 Å². The molecule has 0 atom stereocenters. The fourth-order valence-electron chi connectivity index (χ4n) is 1.75. The fourth-order valence-corrected chi connectivity index (χ4v) is 2.08. The zero-order chi connectivity index (χ0) is 13.0. The van der Waals surface area contributed by atoms with Crippen LogP contribution in [0, 0.1) is 0 Å². The Bertz CT molecular complexity index is 264. The van der Waals surface area contributed by atoms with Crippen LogP contribution in [0.1, 0.15) is 74.0 Å². The van der Waals surface area contributed by atoms with Gasteiger partial charge in [-0.25, -0.2) is 4.18 Å². The monoisotopic (exact) mass is 308 g/mol. The van der Waals surface area contributed by atoms with Crippen LogP contribution in [0.15, 0.2) is 0 Å². The fraction of sp³-hybridized carbons (Fsp3) is 1.00. The van der Waals surface area contributed by atoms with E-state index in [4.69, 9.17) is 4.55 Å². The van der Waals surface area contributed by atoms with Crippen molar-refractivity contribution < 1.29 is 20.0 Å². The molecular formula is C12H28CaO4S. The first-order valence-electron chi connectivity index (χ1n) is 6.68. The van der Waals surface area contributed by atoms with Gasteiger partial charge in [0.25, 0.3) is 0 Å². The Morgan fingerprint density at radius 2 is 1.28 bits per heavy atom. The molecule has 0 saturated heterocycles. The van der Waals surface area contributed by atoms with Crippen molar-refractivity contribution in [1.29, 1.82) is 0 Å². The van der Waals surface area contributed by atoms with Crippen molar-refractivity contribution in [3.8, 4) is 0 Å². The molecule has 0 heterocycles.